The van der Waals surface area contributed by atoms with Gasteiger partial charge in [0.2, 0.25) is 0 Å². The molecule has 0 radical (unpaired) electrons. The summed E-state index contributed by atoms with van der Waals surface area (Å²) in [7, 11) is 3.80. The van der Waals surface area contributed by atoms with Gasteiger partial charge in [-0.1, -0.05) is 32.0 Å². The van der Waals surface area contributed by atoms with E-state index in [1.807, 2.05) is 75.5 Å². The summed E-state index contributed by atoms with van der Waals surface area (Å²) in [6.07, 6.45) is 6.71. The molecule has 9 heteroatoms. The van der Waals surface area contributed by atoms with Gasteiger partial charge in [-0.25, -0.2) is 9.97 Å². The Labute approximate surface area is 231 Å². The first-order chi connectivity index (χ1) is 18.9. The third-order valence-corrected chi connectivity index (χ3v) is 6.92. The van der Waals surface area contributed by atoms with Gasteiger partial charge >= 0.3 is 0 Å². The fraction of sp³-hybridized carbons (Fsp3) is 0.400. The molecule has 0 aliphatic heterocycles. The van der Waals surface area contributed by atoms with Crippen LogP contribution >= 0.6 is 0 Å². The molecule has 0 bridgehead atoms. The zero-order chi connectivity index (χ0) is 28.2. The van der Waals surface area contributed by atoms with Gasteiger partial charge in [-0.05, 0) is 82.1 Å². The molecule has 3 aromatic rings. The van der Waals surface area contributed by atoms with Crippen molar-refractivity contribution in [2.24, 2.45) is 5.92 Å². The van der Waals surface area contributed by atoms with Gasteiger partial charge in [0.05, 0.1) is 17.3 Å². The first-order valence-corrected chi connectivity index (χ1v) is 13.4. The van der Waals surface area contributed by atoms with E-state index in [9.17, 15) is 4.79 Å². The number of ether oxygens (including phenoxy) is 1. The number of hydrogen-bond acceptors (Lipinski definition) is 9. The number of carbonyl (C=O) groups is 1. The van der Waals surface area contributed by atoms with Gasteiger partial charge in [0.1, 0.15) is 35.7 Å². The molecule has 208 valence electrons. The monoisotopic (exact) mass is 531 g/mol. The van der Waals surface area contributed by atoms with Crippen LogP contribution in [0.5, 0.6) is 11.5 Å². The molecule has 39 heavy (non-hydrogen) atoms. The molecule has 1 fully saturated rings. The first-order valence-electron chi connectivity index (χ1n) is 13.4. The number of nitrogen functional groups attached to an aromatic ring is 1. The maximum atomic E-state index is 10.1. The van der Waals surface area contributed by atoms with Crippen LogP contribution in [0.15, 0.2) is 60.9 Å². The maximum Gasteiger partial charge on any atom is 0.141 e. The number of carbonyl (C=O) groups excluding carboxylic acids is 1. The quantitative estimate of drug-likeness (QED) is 0.188. The van der Waals surface area contributed by atoms with Crippen LogP contribution in [0.4, 0.5) is 11.6 Å². The fourth-order valence-electron chi connectivity index (χ4n) is 4.49. The van der Waals surface area contributed by atoms with Crippen LogP contribution in [0.3, 0.4) is 0 Å². The lowest BCUT2D eigenvalue weighted by Gasteiger charge is -2.29. The number of nitrogens with zero attached hydrogens (tertiary/aromatic N) is 2. The number of nitrogens with one attached hydrogen (secondary N) is 4. The van der Waals surface area contributed by atoms with E-state index < -0.39 is 0 Å². The largest absolute Gasteiger partial charge is 0.457 e. The van der Waals surface area contributed by atoms with E-state index in [0.29, 0.717) is 41.0 Å². The average molecular weight is 532 g/mol. The molecule has 9 nitrogen and oxygen atoms in total. The Bertz CT molecular complexity index is 1180. The van der Waals surface area contributed by atoms with Crippen molar-refractivity contribution in [1.82, 2.24) is 20.6 Å². The smallest absolute Gasteiger partial charge is 0.141 e. The minimum atomic E-state index is 0.0231. The molecule has 0 spiro atoms. The molecule has 1 saturated carbocycles. The molecule has 0 amide bonds. The lowest BCUT2D eigenvalue weighted by atomic mass is 9.91. The van der Waals surface area contributed by atoms with Crippen molar-refractivity contribution < 1.29 is 9.53 Å². The molecular formula is C30H41N7O2. The van der Waals surface area contributed by atoms with Gasteiger partial charge in [-0.15, -0.1) is 0 Å². The molecule has 1 aliphatic carbocycles. The Morgan fingerprint density at radius 1 is 0.974 bits per heavy atom. The number of anilines is 2. The van der Waals surface area contributed by atoms with Crippen molar-refractivity contribution in [2.45, 2.75) is 57.7 Å². The van der Waals surface area contributed by atoms with Gasteiger partial charge in [0.25, 0.3) is 0 Å². The Morgan fingerprint density at radius 3 is 2.13 bits per heavy atom. The number of para-hydroxylation sites is 1. The summed E-state index contributed by atoms with van der Waals surface area (Å²) in [5.74, 6) is 2.80. The highest BCUT2D eigenvalue weighted by Crippen LogP contribution is 2.28. The molecule has 4 rings (SSSR count). The molecule has 1 heterocycles. The maximum absolute atomic E-state index is 10.1. The van der Waals surface area contributed by atoms with Crippen LogP contribution in [0.2, 0.25) is 0 Å². The van der Waals surface area contributed by atoms with Crippen molar-refractivity contribution in [3.63, 3.8) is 0 Å². The highest BCUT2D eigenvalue weighted by atomic mass is 16.5. The summed E-state index contributed by atoms with van der Waals surface area (Å²) in [5.41, 5.74) is 7.72. The Hall–Kier alpha value is -3.82. The van der Waals surface area contributed by atoms with Crippen molar-refractivity contribution >= 4 is 23.6 Å². The summed E-state index contributed by atoms with van der Waals surface area (Å²) >= 11 is 0. The van der Waals surface area contributed by atoms with E-state index in [2.05, 4.69) is 25.9 Å². The van der Waals surface area contributed by atoms with Gasteiger partial charge in [-0.2, -0.15) is 0 Å². The van der Waals surface area contributed by atoms with Crippen LogP contribution in [0.1, 0.15) is 50.7 Å². The zero-order valence-corrected chi connectivity index (χ0v) is 23.3. The number of rotatable bonds is 10. The second-order valence-corrected chi connectivity index (χ2v) is 9.97. The number of aldehydes is 1. The average Bonchev–Trinajstić information content (AvgIpc) is 2.95. The topological polar surface area (TPSA) is 138 Å². The number of benzene rings is 2. The van der Waals surface area contributed by atoms with E-state index in [4.69, 9.17) is 15.9 Å². The summed E-state index contributed by atoms with van der Waals surface area (Å²) in [5, 5.41) is 18.5. The minimum Gasteiger partial charge on any atom is -0.457 e. The van der Waals surface area contributed by atoms with Crippen molar-refractivity contribution in [3.05, 3.63) is 72.1 Å². The standard InChI is InChI=1S/C24H28N6O.C6H13NO/c1-27-17-9-11-18(12-10-17)30-24-21(23(26)28-15-29-24)22(25)16-7-13-20(14-8-16)31-19-5-3-2-4-6-19;1-5(2)6(4-8)7-3/h2-8,13-15,17-18,25,27H,9-12H2,1H3,(H3,26,28,29,30);4-7H,1-3H3. The number of likely N-dealkylation sites (N-methyl/N-ethyl adjacent to an activating group) is 1. The van der Waals surface area contributed by atoms with E-state index >= 15 is 0 Å². The summed E-state index contributed by atoms with van der Waals surface area (Å²) in [6.45, 7) is 4.02. The third-order valence-electron chi connectivity index (χ3n) is 6.92. The summed E-state index contributed by atoms with van der Waals surface area (Å²) < 4.78 is 5.85. The van der Waals surface area contributed by atoms with Crippen LogP contribution in [0.25, 0.3) is 0 Å². The lowest BCUT2D eigenvalue weighted by Crippen LogP contribution is -2.35. The fourth-order valence-corrected chi connectivity index (χ4v) is 4.49. The molecule has 6 N–H and O–H groups in total. The zero-order valence-electron chi connectivity index (χ0n) is 23.3. The lowest BCUT2D eigenvalue weighted by molar-refractivity contribution is -0.110. The van der Waals surface area contributed by atoms with E-state index in [0.717, 1.165) is 43.3 Å². The second kappa shape index (κ2) is 14.9. The van der Waals surface area contributed by atoms with Crippen molar-refractivity contribution in [3.8, 4) is 11.5 Å². The normalized spacial score (nSPS) is 17.5. The molecule has 1 aliphatic rings. The Balaban J connectivity index is 0.000000459. The first kappa shape index (κ1) is 29.7. The molecule has 1 atom stereocenters. The molecule has 1 aromatic heterocycles. The van der Waals surface area contributed by atoms with Crippen molar-refractivity contribution in [2.75, 3.05) is 25.1 Å². The second-order valence-electron chi connectivity index (χ2n) is 9.97. The van der Waals surface area contributed by atoms with Gasteiger partial charge < -0.3 is 31.2 Å². The molecule has 1 unspecified atom stereocenters. The molecular weight excluding hydrogens is 490 g/mol. The minimum absolute atomic E-state index is 0.0231. The Kier molecular flexibility index (Phi) is 11.4. The van der Waals surface area contributed by atoms with Crippen LogP contribution < -0.4 is 26.4 Å². The van der Waals surface area contributed by atoms with Gasteiger partial charge in [-0.3, -0.25) is 5.41 Å². The van der Waals surface area contributed by atoms with Gasteiger partial charge in [0.15, 0.2) is 0 Å². The third kappa shape index (κ3) is 8.59. The summed E-state index contributed by atoms with van der Waals surface area (Å²) in [6, 6.07) is 17.9. The van der Waals surface area contributed by atoms with Crippen LogP contribution in [-0.2, 0) is 4.79 Å². The highest BCUT2D eigenvalue weighted by Gasteiger charge is 2.23. The molecule has 0 saturated heterocycles. The number of nitrogens with two attached hydrogens (primary N) is 1. The summed E-state index contributed by atoms with van der Waals surface area (Å²) in [4.78, 5) is 18.7. The Morgan fingerprint density at radius 2 is 1.59 bits per heavy atom. The van der Waals surface area contributed by atoms with Crippen LogP contribution in [-0.4, -0.2) is 54.2 Å². The molecule has 2 aromatic carbocycles. The van der Waals surface area contributed by atoms with Crippen molar-refractivity contribution in [1.29, 1.82) is 5.41 Å². The van der Waals surface area contributed by atoms with Gasteiger partial charge in [0, 0.05) is 17.6 Å². The van der Waals surface area contributed by atoms with E-state index in [-0.39, 0.29) is 11.8 Å². The number of aromatic nitrogens is 2. The van der Waals surface area contributed by atoms with E-state index in [1.165, 1.54) is 6.33 Å². The predicted molar refractivity (Wildman–Crippen MR) is 158 cm³/mol. The number of hydrogen-bond donors (Lipinski definition) is 5. The highest BCUT2D eigenvalue weighted by molar-refractivity contribution is 6.16. The predicted octanol–water partition coefficient (Wildman–Crippen LogP) is 4.64. The SMILES string of the molecule is CNC(C=O)C(C)C.CNC1CCC(Nc2ncnc(N)c2C(=N)c2ccc(Oc3ccccc3)cc2)CC1. The van der Waals surface area contributed by atoms with Crippen LogP contribution in [0, 0.1) is 11.3 Å². The van der Waals surface area contributed by atoms with E-state index in [1.54, 1.807) is 7.05 Å².